The summed E-state index contributed by atoms with van der Waals surface area (Å²) in [5.41, 5.74) is 10.6. The molecule has 1 amide bonds. The van der Waals surface area contributed by atoms with Crippen LogP contribution in [0.15, 0.2) is 42.5 Å². The van der Waals surface area contributed by atoms with E-state index in [-0.39, 0.29) is 5.91 Å². The Hall–Kier alpha value is -2.29. The molecule has 1 aliphatic rings. The summed E-state index contributed by atoms with van der Waals surface area (Å²) in [5.74, 6) is 0.0478. The van der Waals surface area contributed by atoms with Crippen molar-refractivity contribution < 1.29 is 4.79 Å². The van der Waals surface area contributed by atoms with Crippen molar-refractivity contribution in [1.82, 2.24) is 4.90 Å². The third-order valence-electron chi connectivity index (χ3n) is 3.47. The number of hydrogen-bond acceptors (Lipinski definition) is 2. The molecule has 0 aromatic heterocycles. The molecule has 1 heterocycles. The van der Waals surface area contributed by atoms with Crippen molar-refractivity contribution in [2.24, 2.45) is 0 Å². The second kappa shape index (κ2) is 4.43. The fourth-order valence-corrected chi connectivity index (χ4v) is 2.60. The van der Waals surface area contributed by atoms with E-state index in [2.05, 4.69) is 12.1 Å². The van der Waals surface area contributed by atoms with E-state index in [9.17, 15) is 4.79 Å². The van der Waals surface area contributed by atoms with Gasteiger partial charge in [-0.05, 0) is 41.8 Å². The number of aryl methyl sites for hydroxylation is 1. The van der Waals surface area contributed by atoms with Gasteiger partial charge in [-0.2, -0.15) is 0 Å². The second-order valence-electron chi connectivity index (χ2n) is 5.06. The third kappa shape index (κ3) is 2.19. The average molecular weight is 252 g/mol. The maximum atomic E-state index is 12.5. The van der Waals surface area contributed by atoms with Crippen LogP contribution in [-0.2, 0) is 13.1 Å². The van der Waals surface area contributed by atoms with E-state index in [0.717, 1.165) is 5.56 Å². The van der Waals surface area contributed by atoms with Crippen LogP contribution in [0.25, 0.3) is 0 Å². The lowest BCUT2D eigenvalue weighted by atomic mass is 10.1. The van der Waals surface area contributed by atoms with Crippen LogP contribution in [0, 0.1) is 6.92 Å². The fraction of sp³-hybridized carbons (Fsp3) is 0.188. The summed E-state index contributed by atoms with van der Waals surface area (Å²) in [6, 6.07) is 13.7. The molecule has 96 valence electrons. The van der Waals surface area contributed by atoms with Crippen molar-refractivity contribution in [3.05, 3.63) is 64.7 Å². The zero-order valence-corrected chi connectivity index (χ0v) is 10.9. The molecule has 3 nitrogen and oxygen atoms in total. The highest BCUT2D eigenvalue weighted by Crippen LogP contribution is 2.24. The number of carbonyl (C=O) groups is 1. The van der Waals surface area contributed by atoms with E-state index < -0.39 is 0 Å². The largest absolute Gasteiger partial charge is 0.399 e. The van der Waals surface area contributed by atoms with Crippen LogP contribution in [0.1, 0.15) is 27.0 Å². The fourth-order valence-electron chi connectivity index (χ4n) is 2.60. The summed E-state index contributed by atoms with van der Waals surface area (Å²) in [7, 11) is 0. The van der Waals surface area contributed by atoms with Gasteiger partial charge >= 0.3 is 0 Å². The van der Waals surface area contributed by atoms with E-state index >= 15 is 0 Å². The molecule has 0 spiro atoms. The number of carbonyl (C=O) groups excluding carboxylic acids is 1. The van der Waals surface area contributed by atoms with Crippen molar-refractivity contribution in [1.29, 1.82) is 0 Å². The van der Waals surface area contributed by atoms with Crippen molar-refractivity contribution in [2.45, 2.75) is 20.0 Å². The van der Waals surface area contributed by atoms with E-state index in [0.29, 0.717) is 24.3 Å². The summed E-state index contributed by atoms with van der Waals surface area (Å²) in [4.78, 5) is 14.4. The topological polar surface area (TPSA) is 46.3 Å². The smallest absolute Gasteiger partial charge is 0.254 e. The van der Waals surface area contributed by atoms with Crippen LogP contribution in [0.5, 0.6) is 0 Å². The zero-order valence-electron chi connectivity index (χ0n) is 10.9. The Balaban J connectivity index is 1.87. The SMILES string of the molecule is Cc1cc(N)cc(C(=O)N2Cc3ccccc3C2)c1. The molecule has 3 heteroatoms. The van der Waals surface area contributed by atoms with Crippen molar-refractivity contribution in [3.8, 4) is 0 Å². The monoisotopic (exact) mass is 252 g/mol. The van der Waals surface area contributed by atoms with Crippen LogP contribution in [0.3, 0.4) is 0 Å². The van der Waals surface area contributed by atoms with Crippen LogP contribution < -0.4 is 5.73 Å². The maximum absolute atomic E-state index is 12.5. The number of rotatable bonds is 1. The zero-order chi connectivity index (χ0) is 13.4. The van der Waals surface area contributed by atoms with Gasteiger partial charge in [0.25, 0.3) is 5.91 Å². The first-order valence-corrected chi connectivity index (χ1v) is 6.37. The maximum Gasteiger partial charge on any atom is 0.254 e. The molecule has 2 aromatic carbocycles. The van der Waals surface area contributed by atoms with Gasteiger partial charge in [-0.3, -0.25) is 4.79 Å². The predicted molar refractivity (Wildman–Crippen MR) is 75.6 cm³/mol. The number of hydrogen-bond donors (Lipinski definition) is 1. The minimum Gasteiger partial charge on any atom is -0.399 e. The van der Waals surface area contributed by atoms with Crippen LogP contribution >= 0.6 is 0 Å². The highest BCUT2D eigenvalue weighted by Gasteiger charge is 2.23. The molecule has 0 fully saturated rings. The van der Waals surface area contributed by atoms with Gasteiger partial charge in [0.2, 0.25) is 0 Å². The van der Waals surface area contributed by atoms with Gasteiger partial charge in [-0.15, -0.1) is 0 Å². The molecule has 2 N–H and O–H groups in total. The van der Waals surface area contributed by atoms with Gasteiger partial charge in [0.1, 0.15) is 0 Å². The lowest BCUT2D eigenvalue weighted by molar-refractivity contribution is 0.0751. The summed E-state index contributed by atoms with van der Waals surface area (Å²) < 4.78 is 0. The second-order valence-corrected chi connectivity index (χ2v) is 5.06. The number of nitrogens with two attached hydrogens (primary N) is 1. The van der Waals surface area contributed by atoms with E-state index in [4.69, 9.17) is 5.73 Å². The lowest BCUT2D eigenvalue weighted by Gasteiger charge is -2.16. The number of fused-ring (bicyclic) bond motifs is 1. The molecule has 0 bridgehead atoms. The van der Waals surface area contributed by atoms with Crippen LogP contribution in [-0.4, -0.2) is 10.8 Å². The first kappa shape index (κ1) is 11.8. The normalized spacial score (nSPS) is 13.4. The average Bonchev–Trinajstić information content (AvgIpc) is 2.80. The number of benzene rings is 2. The van der Waals surface area contributed by atoms with Crippen LogP contribution in [0.4, 0.5) is 5.69 Å². The molecule has 0 saturated carbocycles. The highest BCUT2D eigenvalue weighted by molar-refractivity contribution is 5.95. The summed E-state index contributed by atoms with van der Waals surface area (Å²) >= 11 is 0. The molecule has 19 heavy (non-hydrogen) atoms. The molecular weight excluding hydrogens is 236 g/mol. The van der Waals surface area contributed by atoms with E-state index in [1.54, 1.807) is 6.07 Å². The summed E-state index contributed by atoms with van der Waals surface area (Å²) in [5, 5.41) is 0. The number of nitrogens with zero attached hydrogens (tertiary/aromatic N) is 1. The third-order valence-corrected chi connectivity index (χ3v) is 3.47. The lowest BCUT2D eigenvalue weighted by Crippen LogP contribution is -2.25. The van der Waals surface area contributed by atoms with E-state index in [1.165, 1.54) is 11.1 Å². The molecular formula is C16H16N2O. The minimum atomic E-state index is 0.0478. The first-order valence-electron chi connectivity index (χ1n) is 6.37. The molecule has 0 saturated heterocycles. The quantitative estimate of drug-likeness (QED) is 0.793. The number of nitrogen functional groups attached to an aromatic ring is 1. The van der Waals surface area contributed by atoms with Gasteiger partial charge in [0.15, 0.2) is 0 Å². The highest BCUT2D eigenvalue weighted by atomic mass is 16.2. The molecule has 3 rings (SSSR count). The molecule has 0 unspecified atom stereocenters. The Morgan fingerprint density at radius 1 is 1.11 bits per heavy atom. The number of amides is 1. The summed E-state index contributed by atoms with van der Waals surface area (Å²) in [6.45, 7) is 3.32. The Bertz CT molecular complexity index is 604. The van der Waals surface area contributed by atoms with Crippen molar-refractivity contribution in [2.75, 3.05) is 5.73 Å². The molecule has 0 atom stereocenters. The minimum absolute atomic E-state index is 0.0478. The van der Waals surface area contributed by atoms with Crippen molar-refractivity contribution in [3.63, 3.8) is 0 Å². The van der Waals surface area contributed by atoms with Gasteiger partial charge in [0, 0.05) is 24.3 Å². The van der Waals surface area contributed by atoms with Gasteiger partial charge in [-0.1, -0.05) is 24.3 Å². The van der Waals surface area contributed by atoms with Gasteiger partial charge < -0.3 is 10.6 Å². The molecule has 0 radical (unpaired) electrons. The molecule has 2 aromatic rings. The Morgan fingerprint density at radius 3 is 2.32 bits per heavy atom. The standard InChI is InChI=1S/C16H16N2O/c1-11-6-14(8-15(17)7-11)16(19)18-9-12-4-2-3-5-13(12)10-18/h2-8H,9-10,17H2,1H3. The Morgan fingerprint density at radius 2 is 1.74 bits per heavy atom. The van der Waals surface area contributed by atoms with Crippen molar-refractivity contribution >= 4 is 11.6 Å². The van der Waals surface area contributed by atoms with Crippen LogP contribution in [0.2, 0.25) is 0 Å². The Labute approximate surface area is 112 Å². The molecule has 0 aliphatic carbocycles. The van der Waals surface area contributed by atoms with Gasteiger partial charge in [0.05, 0.1) is 0 Å². The molecule has 1 aliphatic heterocycles. The Kier molecular flexibility index (Phi) is 2.75. The summed E-state index contributed by atoms with van der Waals surface area (Å²) in [6.07, 6.45) is 0. The van der Waals surface area contributed by atoms with Gasteiger partial charge in [-0.25, -0.2) is 0 Å². The first-order chi connectivity index (χ1) is 9.13. The van der Waals surface area contributed by atoms with E-state index in [1.807, 2.05) is 36.1 Å². The predicted octanol–water partition coefficient (Wildman–Crippen LogP) is 2.73. The number of anilines is 1.